The zero-order valence-corrected chi connectivity index (χ0v) is 20.0. The first-order chi connectivity index (χ1) is 17.7. The van der Waals surface area contributed by atoms with Crippen molar-refractivity contribution in [1.29, 1.82) is 0 Å². The zero-order chi connectivity index (χ0) is 24.4. The lowest BCUT2D eigenvalue weighted by Crippen LogP contribution is -2.37. The standard InChI is InChI=1S/C31H28N4O/c32-27-16-17-30-29(20-27)34(18-19-36-30)21-28-22-35(23-33-28)31(24-10-4-1-5-11-24,25-12-6-2-7-13-25)26-14-8-3-9-15-26/h1-17,20,22-23H,18-19,21,32H2. The number of aromatic nitrogens is 2. The lowest BCUT2D eigenvalue weighted by atomic mass is 9.77. The minimum Gasteiger partial charge on any atom is -0.490 e. The molecule has 4 aromatic carbocycles. The Morgan fingerprint density at radius 1 is 0.778 bits per heavy atom. The predicted octanol–water partition coefficient (Wildman–Crippen LogP) is 5.70. The number of nitrogens with two attached hydrogens (primary N) is 1. The van der Waals surface area contributed by atoms with Crippen LogP contribution in [-0.4, -0.2) is 22.7 Å². The van der Waals surface area contributed by atoms with Crippen molar-refractivity contribution in [3.63, 3.8) is 0 Å². The van der Waals surface area contributed by atoms with Crippen LogP contribution >= 0.6 is 0 Å². The summed E-state index contributed by atoms with van der Waals surface area (Å²) < 4.78 is 8.11. The number of imidazole rings is 1. The Labute approximate surface area is 211 Å². The molecular formula is C31H28N4O. The molecule has 36 heavy (non-hydrogen) atoms. The SMILES string of the molecule is Nc1ccc2c(c1)N(Cc1cn(C(c3ccccc3)(c3ccccc3)c3ccccc3)cn1)CCO2. The molecule has 2 N–H and O–H groups in total. The second-order valence-corrected chi connectivity index (χ2v) is 9.08. The van der Waals surface area contributed by atoms with Crippen molar-refractivity contribution in [1.82, 2.24) is 9.55 Å². The van der Waals surface area contributed by atoms with Crippen LogP contribution in [0.3, 0.4) is 0 Å². The lowest BCUT2D eigenvalue weighted by Gasteiger charge is -2.37. The van der Waals surface area contributed by atoms with Gasteiger partial charge in [0.1, 0.15) is 17.9 Å². The van der Waals surface area contributed by atoms with Gasteiger partial charge in [-0.15, -0.1) is 0 Å². The van der Waals surface area contributed by atoms with Crippen molar-refractivity contribution in [2.45, 2.75) is 12.1 Å². The van der Waals surface area contributed by atoms with Gasteiger partial charge in [-0.25, -0.2) is 4.98 Å². The molecule has 5 heteroatoms. The Kier molecular flexibility index (Phi) is 5.66. The first kappa shape index (κ1) is 22.0. The van der Waals surface area contributed by atoms with Crippen molar-refractivity contribution in [3.05, 3.63) is 144 Å². The second-order valence-electron chi connectivity index (χ2n) is 9.08. The topological polar surface area (TPSA) is 56.3 Å². The Morgan fingerprint density at radius 3 is 1.94 bits per heavy atom. The molecule has 0 spiro atoms. The molecule has 0 amide bonds. The molecule has 5 aromatic rings. The zero-order valence-electron chi connectivity index (χ0n) is 20.0. The summed E-state index contributed by atoms with van der Waals surface area (Å²) in [4.78, 5) is 7.19. The van der Waals surface area contributed by atoms with E-state index in [1.807, 2.05) is 24.5 Å². The van der Waals surface area contributed by atoms with E-state index in [4.69, 9.17) is 15.5 Å². The quantitative estimate of drug-likeness (QED) is 0.254. The van der Waals surface area contributed by atoms with Crippen molar-refractivity contribution >= 4 is 11.4 Å². The van der Waals surface area contributed by atoms with Gasteiger partial charge >= 0.3 is 0 Å². The van der Waals surface area contributed by atoms with E-state index in [-0.39, 0.29) is 0 Å². The first-order valence-corrected chi connectivity index (χ1v) is 12.2. The Hall–Kier alpha value is -4.51. The number of benzene rings is 4. The highest BCUT2D eigenvalue weighted by Crippen LogP contribution is 2.41. The van der Waals surface area contributed by atoms with E-state index in [0.29, 0.717) is 13.2 Å². The van der Waals surface area contributed by atoms with Crippen molar-refractivity contribution in [3.8, 4) is 5.75 Å². The number of nitrogens with zero attached hydrogens (tertiary/aromatic N) is 3. The summed E-state index contributed by atoms with van der Waals surface area (Å²) in [5.41, 5.74) is 11.8. The summed E-state index contributed by atoms with van der Waals surface area (Å²) in [6.07, 6.45) is 4.14. The minimum absolute atomic E-state index is 0.567. The van der Waals surface area contributed by atoms with Gasteiger partial charge in [0.05, 0.1) is 30.8 Å². The van der Waals surface area contributed by atoms with Crippen LogP contribution in [0.15, 0.2) is 122 Å². The molecule has 0 bridgehead atoms. The summed E-state index contributed by atoms with van der Waals surface area (Å²) in [7, 11) is 0. The maximum Gasteiger partial charge on any atom is 0.142 e. The van der Waals surface area contributed by atoms with E-state index in [9.17, 15) is 0 Å². The molecule has 0 atom stereocenters. The van der Waals surface area contributed by atoms with Crippen molar-refractivity contribution in [2.24, 2.45) is 0 Å². The monoisotopic (exact) mass is 472 g/mol. The van der Waals surface area contributed by atoms with Crippen LogP contribution in [0.1, 0.15) is 22.4 Å². The van der Waals surface area contributed by atoms with E-state index in [0.717, 1.165) is 29.4 Å². The van der Waals surface area contributed by atoms with Gasteiger partial charge < -0.3 is 19.9 Å². The largest absolute Gasteiger partial charge is 0.490 e. The van der Waals surface area contributed by atoms with Gasteiger partial charge in [0, 0.05) is 11.9 Å². The highest BCUT2D eigenvalue weighted by atomic mass is 16.5. The molecule has 6 rings (SSSR count). The highest BCUT2D eigenvalue weighted by molar-refractivity contribution is 5.66. The van der Waals surface area contributed by atoms with Crippen LogP contribution in [0.25, 0.3) is 0 Å². The summed E-state index contributed by atoms with van der Waals surface area (Å²) in [6, 6.07) is 37.8. The predicted molar refractivity (Wildman–Crippen MR) is 144 cm³/mol. The fraction of sp³-hybridized carbons (Fsp3) is 0.129. The minimum atomic E-state index is -0.567. The molecule has 0 saturated heterocycles. The average molecular weight is 473 g/mol. The molecule has 0 aliphatic carbocycles. The fourth-order valence-corrected chi connectivity index (χ4v) is 5.26. The van der Waals surface area contributed by atoms with Gasteiger partial charge in [-0.1, -0.05) is 91.0 Å². The molecule has 0 radical (unpaired) electrons. The molecule has 1 aromatic heterocycles. The van der Waals surface area contributed by atoms with Gasteiger partial charge in [0.15, 0.2) is 0 Å². The molecule has 0 fully saturated rings. The third-order valence-electron chi connectivity index (χ3n) is 6.89. The van der Waals surface area contributed by atoms with E-state index in [1.54, 1.807) is 0 Å². The van der Waals surface area contributed by atoms with E-state index in [2.05, 4.69) is 107 Å². The van der Waals surface area contributed by atoms with Gasteiger partial charge in [-0.3, -0.25) is 0 Å². The van der Waals surface area contributed by atoms with Gasteiger partial charge in [-0.2, -0.15) is 0 Å². The first-order valence-electron chi connectivity index (χ1n) is 12.2. The summed E-state index contributed by atoms with van der Waals surface area (Å²) >= 11 is 0. The molecule has 2 heterocycles. The number of nitrogen functional groups attached to an aromatic ring is 1. The van der Waals surface area contributed by atoms with Crippen molar-refractivity contribution in [2.75, 3.05) is 23.8 Å². The third kappa shape index (κ3) is 3.79. The van der Waals surface area contributed by atoms with Crippen molar-refractivity contribution < 1.29 is 4.74 Å². The van der Waals surface area contributed by atoms with Crippen LogP contribution in [0.5, 0.6) is 5.75 Å². The molecule has 0 unspecified atom stereocenters. The summed E-state index contributed by atoms with van der Waals surface area (Å²) in [6.45, 7) is 2.09. The van der Waals surface area contributed by atoms with E-state index >= 15 is 0 Å². The number of hydrogen-bond acceptors (Lipinski definition) is 4. The second kappa shape index (κ2) is 9.27. The number of rotatable bonds is 6. The molecule has 178 valence electrons. The van der Waals surface area contributed by atoms with Crippen LogP contribution in [0.4, 0.5) is 11.4 Å². The third-order valence-corrected chi connectivity index (χ3v) is 6.89. The Balaban J connectivity index is 1.48. The van der Waals surface area contributed by atoms with Gasteiger partial charge in [-0.05, 0) is 34.9 Å². The summed E-state index contributed by atoms with van der Waals surface area (Å²) in [5, 5.41) is 0. The number of ether oxygens (including phenoxy) is 1. The van der Waals surface area contributed by atoms with Gasteiger partial charge in [0.2, 0.25) is 0 Å². The van der Waals surface area contributed by atoms with E-state index in [1.165, 1.54) is 16.7 Å². The smallest absolute Gasteiger partial charge is 0.142 e. The van der Waals surface area contributed by atoms with Crippen LogP contribution in [0, 0.1) is 0 Å². The maximum absolute atomic E-state index is 6.09. The van der Waals surface area contributed by atoms with Crippen LogP contribution in [-0.2, 0) is 12.1 Å². The maximum atomic E-state index is 6.09. The molecule has 1 aliphatic heterocycles. The normalized spacial score (nSPS) is 13.2. The van der Waals surface area contributed by atoms with Crippen LogP contribution < -0.4 is 15.4 Å². The number of fused-ring (bicyclic) bond motifs is 1. The molecular weight excluding hydrogens is 444 g/mol. The highest BCUT2D eigenvalue weighted by Gasteiger charge is 2.38. The van der Waals surface area contributed by atoms with Gasteiger partial charge in [0.25, 0.3) is 0 Å². The lowest BCUT2D eigenvalue weighted by molar-refractivity contribution is 0.307. The number of hydrogen-bond donors (Lipinski definition) is 1. The molecule has 5 nitrogen and oxygen atoms in total. The molecule has 1 aliphatic rings. The van der Waals surface area contributed by atoms with E-state index < -0.39 is 5.54 Å². The molecule has 0 saturated carbocycles. The number of anilines is 2. The fourth-order valence-electron chi connectivity index (χ4n) is 5.26. The Morgan fingerprint density at radius 2 is 1.36 bits per heavy atom. The van der Waals surface area contributed by atoms with Crippen LogP contribution in [0.2, 0.25) is 0 Å². The summed E-state index contributed by atoms with van der Waals surface area (Å²) in [5.74, 6) is 0.863. The Bertz CT molecular complexity index is 1350. The average Bonchev–Trinajstić information content (AvgIpc) is 3.40.